The Morgan fingerprint density at radius 2 is 1.10 bits per heavy atom. The second-order valence-corrected chi connectivity index (χ2v) is 13.6. The topological polar surface area (TPSA) is 16.4 Å². The Labute approximate surface area is 287 Å². The molecule has 0 aliphatic heterocycles. The lowest BCUT2D eigenvalue weighted by Gasteiger charge is -2.28. The Bertz CT molecular complexity index is 2860. The molecule has 0 atom stereocenters. The molecule has 2 aromatic heterocycles. The molecule has 230 valence electrons. The minimum absolute atomic E-state index is 0.873. The van der Waals surface area contributed by atoms with Crippen molar-refractivity contribution in [2.45, 2.75) is 0 Å². The standard InChI is InChI=1S/C46H29NOS/c1-2-11-31-26-33(21-20-30(31)10-1)32-12-9-13-35(27-32)47(36-23-24-39-38-15-4-7-18-43(38)48-44(39)29-36)42-17-6-3-14-37(42)34-22-25-46-41(28-34)40-16-5-8-19-45(40)49-46/h1-29H. The van der Waals surface area contributed by atoms with Crippen molar-refractivity contribution < 1.29 is 4.42 Å². The smallest absolute Gasteiger partial charge is 0.137 e. The Balaban J connectivity index is 1.18. The summed E-state index contributed by atoms with van der Waals surface area (Å²) in [6.07, 6.45) is 0. The molecule has 0 radical (unpaired) electrons. The Morgan fingerprint density at radius 3 is 2.06 bits per heavy atom. The average Bonchev–Trinajstić information content (AvgIpc) is 3.73. The highest BCUT2D eigenvalue weighted by atomic mass is 32.1. The predicted molar refractivity (Wildman–Crippen MR) is 210 cm³/mol. The van der Waals surface area contributed by atoms with E-state index in [-0.39, 0.29) is 0 Å². The van der Waals surface area contributed by atoms with E-state index in [1.165, 1.54) is 53.2 Å². The molecule has 2 heterocycles. The predicted octanol–water partition coefficient (Wildman–Crippen LogP) is 13.9. The molecule has 0 saturated carbocycles. The van der Waals surface area contributed by atoms with E-state index < -0.39 is 0 Å². The average molecular weight is 644 g/mol. The number of rotatable bonds is 5. The van der Waals surface area contributed by atoms with Crippen LogP contribution >= 0.6 is 11.3 Å². The first-order valence-corrected chi connectivity index (χ1v) is 17.4. The molecule has 0 N–H and O–H groups in total. The first-order valence-electron chi connectivity index (χ1n) is 16.6. The van der Waals surface area contributed by atoms with Crippen LogP contribution in [-0.2, 0) is 0 Å². The summed E-state index contributed by atoms with van der Waals surface area (Å²) in [6, 6.07) is 63.4. The van der Waals surface area contributed by atoms with Crippen LogP contribution in [0.4, 0.5) is 17.1 Å². The molecule has 3 heteroatoms. The summed E-state index contributed by atoms with van der Waals surface area (Å²) in [5.41, 5.74) is 9.71. The zero-order valence-electron chi connectivity index (χ0n) is 26.5. The van der Waals surface area contributed by atoms with E-state index in [0.29, 0.717) is 0 Å². The summed E-state index contributed by atoms with van der Waals surface area (Å²) in [5, 5.41) is 7.32. The number of fused-ring (bicyclic) bond motifs is 7. The minimum atomic E-state index is 0.873. The lowest BCUT2D eigenvalue weighted by Crippen LogP contribution is -2.11. The number of para-hydroxylation sites is 2. The van der Waals surface area contributed by atoms with Gasteiger partial charge in [-0.15, -0.1) is 11.3 Å². The van der Waals surface area contributed by atoms with E-state index >= 15 is 0 Å². The second-order valence-electron chi connectivity index (χ2n) is 12.6. The van der Waals surface area contributed by atoms with Gasteiger partial charge in [0.2, 0.25) is 0 Å². The molecular weight excluding hydrogens is 615 g/mol. The van der Waals surface area contributed by atoms with Gasteiger partial charge in [-0.2, -0.15) is 0 Å². The highest BCUT2D eigenvalue weighted by Gasteiger charge is 2.20. The van der Waals surface area contributed by atoms with Crippen molar-refractivity contribution in [1.82, 2.24) is 0 Å². The number of anilines is 3. The molecule has 2 nitrogen and oxygen atoms in total. The first-order chi connectivity index (χ1) is 24.3. The van der Waals surface area contributed by atoms with Crippen LogP contribution in [0, 0.1) is 0 Å². The van der Waals surface area contributed by atoms with Gasteiger partial charge in [0.05, 0.1) is 5.69 Å². The molecule has 0 bridgehead atoms. The zero-order valence-corrected chi connectivity index (χ0v) is 27.3. The maximum Gasteiger partial charge on any atom is 0.137 e. The fraction of sp³-hybridized carbons (Fsp3) is 0. The summed E-state index contributed by atoms with van der Waals surface area (Å²) in [4.78, 5) is 2.38. The second kappa shape index (κ2) is 11.2. The van der Waals surface area contributed by atoms with Crippen LogP contribution in [0.2, 0.25) is 0 Å². The van der Waals surface area contributed by atoms with Crippen LogP contribution < -0.4 is 4.90 Å². The summed E-state index contributed by atoms with van der Waals surface area (Å²) < 4.78 is 9.04. The molecular formula is C46H29NOS. The third-order valence-electron chi connectivity index (χ3n) is 9.64. The van der Waals surface area contributed by atoms with Gasteiger partial charge in [-0.05, 0) is 88.1 Å². The van der Waals surface area contributed by atoms with Crippen LogP contribution in [0.15, 0.2) is 180 Å². The summed E-state index contributed by atoms with van der Waals surface area (Å²) in [7, 11) is 0. The maximum atomic E-state index is 6.42. The van der Waals surface area contributed by atoms with Crippen LogP contribution in [0.3, 0.4) is 0 Å². The van der Waals surface area contributed by atoms with E-state index in [4.69, 9.17) is 4.42 Å². The SMILES string of the molecule is c1cc(-c2ccc3ccccc3c2)cc(N(c2ccc3c(c2)oc2ccccc23)c2ccccc2-c2ccc3sc4ccccc4c3c2)c1. The molecule has 10 aromatic rings. The Kier molecular flexibility index (Phi) is 6.39. The number of thiophene rings is 1. The molecule has 0 aliphatic carbocycles. The molecule has 8 aromatic carbocycles. The van der Waals surface area contributed by atoms with Crippen LogP contribution in [0.25, 0.3) is 75.1 Å². The largest absolute Gasteiger partial charge is 0.456 e. The van der Waals surface area contributed by atoms with Crippen molar-refractivity contribution in [1.29, 1.82) is 0 Å². The molecule has 0 aliphatic rings. The number of hydrogen-bond donors (Lipinski definition) is 0. The van der Waals surface area contributed by atoms with Crippen molar-refractivity contribution in [2.75, 3.05) is 4.90 Å². The summed E-state index contributed by atoms with van der Waals surface area (Å²) >= 11 is 1.85. The highest BCUT2D eigenvalue weighted by Crippen LogP contribution is 2.45. The highest BCUT2D eigenvalue weighted by molar-refractivity contribution is 7.25. The summed E-state index contributed by atoms with van der Waals surface area (Å²) in [5.74, 6) is 0. The fourth-order valence-corrected chi connectivity index (χ4v) is 8.37. The molecule has 0 amide bonds. The van der Waals surface area contributed by atoms with E-state index in [0.717, 1.165) is 39.0 Å². The van der Waals surface area contributed by atoms with Gasteiger partial charge < -0.3 is 9.32 Å². The van der Waals surface area contributed by atoms with Crippen molar-refractivity contribution in [3.05, 3.63) is 176 Å². The Hall–Kier alpha value is -6.16. The first kappa shape index (κ1) is 27.9. The van der Waals surface area contributed by atoms with E-state index in [2.05, 4.69) is 169 Å². The van der Waals surface area contributed by atoms with Crippen molar-refractivity contribution in [2.24, 2.45) is 0 Å². The van der Waals surface area contributed by atoms with Gasteiger partial charge in [-0.1, -0.05) is 109 Å². The molecule has 49 heavy (non-hydrogen) atoms. The zero-order chi connectivity index (χ0) is 32.3. The van der Waals surface area contributed by atoms with Crippen molar-refractivity contribution >= 4 is 81.3 Å². The van der Waals surface area contributed by atoms with Crippen molar-refractivity contribution in [3.8, 4) is 22.3 Å². The van der Waals surface area contributed by atoms with Crippen molar-refractivity contribution in [3.63, 3.8) is 0 Å². The van der Waals surface area contributed by atoms with Crippen LogP contribution in [0.1, 0.15) is 0 Å². The van der Waals surface area contributed by atoms with E-state index in [9.17, 15) is 0 Å². The monoisotopic (exact) mass is 643 g/mol. The van der Waals surface area contributed by atoms with E-state index in [1.54, 1.807) is 0 Å². The third kappa shape index (κ3) is 4.70. The fourth-order valence-electron chi connectivity index (χ4n) is 7.28. The summed E-state index contributed by atoms with van der Waals surface area (Å²) in [6.45, 7) is 0. The van der Waals surface area contributed by atoms with Gasteiger partial charge >= 0.3 is 0 Å². The van der Waals surface area contributed by atoms with Crippen LogP contribution in [-0.4, -0.2) is 0 Å². The van der Waals surface area contributed by atoms with Gasteiger partial charge in [0.25, 0.3) is 0 Å². The number of hydrogen-bond acceptors (Lipinski definition) is 3. The van der Waals surface area contributed by atoms with Gasteiger partial charge in [-0.25, -0.2) is 0 Å². The van der Waals surface area contributed by atoms with Gasteiger partial charge in [0, 0.05) is 53.9 Å². The molecule has 0 saturated heterocycles. The Morgan fingerprint density at radius 1 is 0.388 bits per heavy atom. The molecule has 0 fully saturated rings. The normalized spacial score (nSPS) is 11.7. The molecule has 0 unspecified atom stereocenters. The lowest BCUT2D eigenvalue weighted by molar-refractivity contribution is 0.669. The van der Waals surface area contributed by atoms with Gasteiger partial charge in [-0.3, -0.25) is 0 Å². The minimum Gasteiger partial charge on any atom is -0.456 e. The lowest BCUT2D eigenvalue weighted by atomic mass is 9.98. The van der Waals surface area contributed by atoms with Crippen LogP contribution in [0.5, 0.6) is 0 Å². The van der Waals surface area contributed by atoms with E-state index in [1.807, 2.05) is 23.5 Å². The van der Waals surface area contributed by atoms with Gasteiger partial charge in [0.15, 0.2) is 0 Å². The molecule has 0 spiro atoms. The number of benzene rings is 8. The number of nitrogens with zero attached hydrogens (tertiary/aromatic N) is 1. The quantitative estimate of drug-likeness (QED) is 0.186. The maximum absolute atomic E-state index is 6.42. The number of furan rings is 1. The third-order valence-corrected chi connectivity index (χ3v) is 10.8. The van der Waals surface area contributed by atoms with Gasteiger partial charge in [0.1, 0.15) is 11.2 Å². The molecule has 10 rings (SSSR count).